The number of nitrogens with zero attached hydrogens (tertiary/aromatic N) is 3. The first-order chi connectivity index (χ1) is 13.7. The van der Waals surface area contributed by atoms with Crippen molar-refractivity contribution in [1.29, 1.82) is 0 Å². The summed E-state index contributed by atoms with van der Waals surface area (Å²) in [7, 11) is -1.50. The van der Waals surface area contributed by atoms with Crippen LogP contribution in [-0.2, 0) is 25.0 Å². The summed E-state index contributed by atoms with van der Waals surface area (Å²) in [5, 5.41) is 0. The number of rotatable bonds is 5. The van der Waals surface area contributed by atoms with E-state index in [1.165, 1.54) is 16.6 Å². The zero-order chi connectivity index (χ0) is 21.2. The van der Waals surface area contributed by atoms with Crippen molar-refractivity contribution in [3.8, 4) is 0 Å². The number of hydrogen-bond acceptors (Lipinski definition) is 4. The molecule has 0 bridgehead atoms. The largest absolute Gasteiger partial charge is 0.341 e. The molecule has 3 rings (SSSR count). The van der Waals surface area contributed by atoms with E-state index in [0.29, 0.717) is 45.4 Å². The summed E-state index contributed by atoms with van der Waals surface area (Å²) in [4.78, 5) is 29.2. The number of carbonyl (C=O) groups excluding carboxylic acids is 2. The van der Waals surface area contributed by atoms with Crippen molar-refractivity contribution < 1.29 is 18.0 Å². The fourth-order valence-corrected chi connectivity index (χ4v) is 5.33. The molecule has 1 atom stereocenters. The molecule has 1 aromatic rings. The van der Waals surface area contributed by atoms with Gasteiger partial charge >= 0.3 is 0 Å². The Morgan fingerprint density at radius 1 is 1.17 bits per heavy atom. The number of likely N-dealkylation sites (N-methyl/N-ethyl adjacent to an activating group) is 1. The Balaban J connectivity index is 1.85. The van der Waals surface area contributed by atoms with E-state index in [4.69, 9.17) is 0 Å². The number of hydrogen-bond donors (Lipinski definition) is 0. The molecular weight excluding hydrogens is 390 g/mol. The molecule has 1 aromatic carbocycles. The lowest BCUT2D eigenvalue weighted by molar-refractivity contribution is -0.142. The fraction of sp³-hybridized carbons (Fsp3) is 0.524. The Kier molecular flexibility index (Phi) is 6.14. The fourth-order valence-electron chi connectivity index (χ4n) is 4.45. The first-order valence-corrected chi connectivity index (χ1v) is 11.7. The van der Waals surface area contributed by atoms with Crippen LogP contribution in [0, 0.1) is 0 Å². The molecule has 0 radical (unpaired) electrons. The summed E-state index contributed by atoms with van der Waals surface area (Å²) in [6.07, 6.45) is 4.20. The molecule has 2 amide bonds. The summed E-state index contributed by atoms with van der Waals surface area (Å²) < 4.78 is 25.2. The third kappa shape index (κ3) is 4.23. The molecule has 0 aliphatic carbocycles. The topological polar surface area (TPSA) is 78.0 Å². The predicted octanol–water partition coefficient (Wildman–Crippen LogP) is 1.23. The van der Waals surface area contributed by atoms with Crippen molar-refractivity contribution in [1.82, 2.24) is 14.1 Å². The highest BCUT2D eigenvalue weighted by molar-refractivity contribution is 7.88. The van der Waals surface area contributed by atoms with Gasteiger partial charge in [0, 0.05) is 39.3 Å². The number of likely N-dealkylation sites (tertiary alicyclic amines) is 1. The van der Waals surface area contributed by atoms with Gasteiger partial charge in [-0.1, -0.05) is 36.9 Å². The molecule has 0 saturated carbocycles. The SMILES string of the molecule is C=CC(=O)N1CCC(C(=O)N(C)C2CCN(S(C)(=O)=O)C2)(c2ccccc2)CC1. The van der Waals surface area contributed by atoms with Crippen LogP contribution in [0.5, 0.6) is 0 Å². The molecule has 1 unspecified atom stereocenters. The van der Waals surface area contributed by atoms with Gasteiger partial charge in [0.05, 0.1) is 11.7 Å². The number of piperidine rings is 1. The Labute approximate surface area is 173 Å². The molecule has 2 fully saturated rings. The first-order valence-electron chi connectivity index (χ1n) is 9.88. The minimum absolute atomic E-state index is 0.00486. The normalized spacial score (nSPS) is 22.3. The van der Waals surface area contributed by atoms with E-state index < -0.39 is 15.4 Å². The lowest BCUT2D eigenvalue weighted by Crippen LogP contribution is -2.55. The first kappa shape index (κ1) is 21.5. The minimum atomic E-state index is -3.26. The molecule has 2 aliphatic rings. The molecule has 29 heavy (non-hydrogen) atoms. The highest BCUT2D eigenvalue weighted by Gasteiger charge is 2.47. The van der Waals surface area contributed by atoms with Gasteiger partial charge < -0.3 is 9.80 Å². The second-order valence-electron chi connectivity index (χ2n) is 7.96. The van der Waals surface area contributed by atoms with E-state index in [1.54, 1.807) is 16.8 Å². The van der Waals surface area contributed by atoms with Crippen molar-refractivity contribution in [2.24, 2.45) is 0 Å². The van der Waals surface area contributed by atoms with Crippen LogP contribution in [0.4, 0.5) is 0 Å². The number of benzene rings is 1. The van der Waals surface area contributed by atoms with Crippen molar-refractivity contribution in [3.05, 3.63) is 48.6 Å². The van der Waals surface area contributed by atoms with Gasteiger partial charge in [0.15, 0.2) is 0 Å². The zero-order valence-electron chi connectivity index (χ0n) is 17.1. The van der Waals surface area contributed by atoms with Gasteiger partial charge in [-0.15, -0.1) is 0 Å². The van der Waals surface area contributed by atoms with Crippen LogP contribution in [0.1, 0.15) is 24.8 Å². The van der Waals surface area contributed by atoms with E-state index >= 15 is 0 Å². The van der Waals surface area contributed by atoms with E-state index in [0.717, 1.165) is 5.56 Å². The smallest absolute Gasteiger partial charge is 0.245 e. The van der Waals surface area contributed by atoms with Crippen LogP contribution < -0.4 is 0 Å². The van der Waals surface area contributed by atoms with Crippen molar-refractivity contribution in [2.75, 3.05) is 39.5 Å². The highest BCUT2D eigenvalue weighted by atomic mass is 32.2. The summed E-state index contributed by atoms with van der Waals surface area (Å²) >= 11 is 0. The van der Waals surface area contributed by atoms with E-state index in [-0.39, 0.29) is 17.9 Å². The monoisotopic (exact) mass is 419 g/mol. The molecule has 0 aromatic heterocycles. The second-order valence-corrected chi connectivity index (χ2v) is 9.94. The van der Waals surface area contributed by atoms with Crippen LogP contribution in [0.3, 0.4) is 0 Å². The van der Waals surface area contributed by atoms with Crippen LogP contribution >= 0.6 is 0 Å². The van der Waals surface area contributed by atoms with E-state index in [9.17, 15) is 18.0 Å². The third-order valence-corrected chi connectivity index (χ3v) is 7.57. The van der Waals surface area contributed by atoms with Gasteiger partial charge in [-0.25, -0.2) is 12.7 Å². The van der Waals surface area contributed by atoms with E-state index in [2.05, 4.69) is 6.58 Å². The minimum Gasteiger partial charge on any atom is -0.341 e. The van der Waals surface area contributed by atoms with Gasteiger partial charge in [-0.3, -0.25) is 9.59 Å². The average molecular weight is 420 g/mol. The van der Waals surface area contributed by atoms with E-state index in [1.807, 2.05) is 30.3 Å². The Morgan fingerprint density at radius 2 is 1.79 bits per heavy atom. The standard InChI is InChI=1S/C21H29N3O4S/c1-4-19(25)23-14-11-21(12-15-23,17-8-6-5-7-9-17)20(26)22(2)18-10-13-24(16-18)29(3,27)28/h4-9,18H,1,10-16H2,2-3H3. The Bertz CT molecular complexity index is 876. The summed E-state index contributed by atoms with van der Waals surface area (Å²) in [6.45, 7) is 5.28. The lowest BCUT2D eigenvalue weighted by atomic mass is 9.71. The maximum Gasteiger partial charge on any atom is 0.245 e. The van der Waals surface area contributed by atoms with Crippen molar-refractivity contribution in [2.45, 2.75) is 30.7 Å². The highest BCUT2D eigenvalue weighted by Crippen LogP contribution is 2.38. The van der Waals surface area contributed by atoms with Gasteiger partial charge in [-0.2, -0.15) is 0 Å². The predicted molar refractivity (Wildman–Crippen MR) is 112 cm³/mol. The number of amides is 2. The van der Waals surface area contributed by atoms with Gasteiger partial charge in [-0.05, 0) is 30.9 Å². The second kappa shape index (κ2) is 8.28. The van der Waals surface area contributed by atoms with Gasteiger partial charge in [0.2, 0.25) is 21.8 Å². The van der Waals surface area contributed by atoms with Gasteiger partial charge in [0.1, 0.15) is 0 Å². The lowest BCUT2D eigenvalue weighted by Gasteiger charge is -2.43. The molecule has 2 saturated heterocycles. The number of sulfonamides is 1. The van der Waals surface area contributed by atoms with Crippen LogP contribution in [0.15, 0.2) is 43.0 Å². The van der Waals surface area contributed by atoms with Crippen LogP contribution in [0.2, 0.25) is 0 Å². The molecule has 2 heterocycles. The molecule has 8 heteroatoms. The molecule has 7 nitrogen and oxygen atoms in total. The molecular formula is C21H29N3O4S. The van der Waals surface area contributed by atoms with Crippen LogP contribution in [0.25, 0.3) is 0 Å². The third-order valence-electron chi connectivity index (χ3n) is 6.30. The summed E-state index contributed by atoms with van der Waals surface area (Å²) in [6, 6.07) is 9.55. The maximum absolute atomic E-state index is 13.7. The van der Waals surface area contributed by atoms with Crippen molar-refractivity contribution in [3.63, 3.8) is 0 Å². The number of carbonyl (C=O) groups is 2. The zero-order valence-corrected chi connectivity index (χ0v) is 17.9. The average Bonchev–Trinajstić information content (AvgIpc) is 3.23. The maximum atomic E-state index is 13.7. The van der Waals surface area contributed by atoms with Gasteiger partial charge in [0.25, 0.3) is 0 Å². The summed E-state index contributed by atoms with van der Waals surface area (Å²) in [5.74, 6) is -0.123. The molecule has 158 valence electrons. The Hall–Kier alpha value is -2.19. The molecule has 0 spiro atoms. The quantitative estimate of drug-likeness (QED) is 0.673. The summed E-state index contributed by atoms with van der Waals surface area (Å²) in [5.41, 5.74) is 0.229. The molecule has 0 N–H and O–H groups in total. The van der Waals surface area contributed by atoms with Crippen LogP contribution in [-0.4, -0.2) is 79.9 Å². The Morgan fingerprint density at radius 3 is 2.31 bits per heavy atom. The van der Waals surface area contributed by atoms with Crippen molar-refractivity contribution >= 4 is 21.8 Å². The molecule has 2 aliphatic heterocycles.